The minimum Gasteiger partial charge on any atom is -0.317 e. The molecule has 3 rings (SSSR count). The summed E-state index contributed by atoms with van der Waals surface area (Å²) in [5, 5.41) is 3.47. The first-order valence-electron chi connectivity index (χ1n) is 8.31. The molecule has 3 aliphatic rings. The largest absolute Gasteiger partial charge is 0.317 e. The van der Waals surface area contributed by atoms with Crippen LogP contribution >= 0.6 is 0 Å². The maximum atomic E-state index is 3.47. The summed E-state index contributed by atoms with van der Waals surface area (Å²) in [6.07, 6.45) is 14.7. The number of piperidine rings is 1. The molecule has 2 aliphatic carbocycles. The Morgan fingerprint density at radius 1 is 0.833 bits per heavy atom. The van der Waals surface area contributed by atoms with Gasteiger partial charge in [0.25, 0.3) is 0 Å². The van der Waals surface area contributed by atoms with Crippen LogP contribution < -0.4 is 5.32 Å². The van der Waals surface area contributed by atoms with E-state index in [-0.39, 0.29) is 0 Å². The maximum Gasteiger partial charge on any atom is 0.0126 e. The summed E-state index contributed by atoms with van der Waals surface area (Å²) in [6, 6.07) is 2.68. The fourth-order valence-corrected chi connectivity index (χ4v) is 4.81. The van der Waals surface area contributed by atoms with Gasteiger partial charge in [-0.25, -0.2) is 0 Å². The Morgan fingerprint density at radius 3 is 2.33 bits per heavy atom. The monoisotopic (exact) mass is 250 g/mol. The van der Waals surface area contributed by atoms with Crippen LogP contribution in [0.2, 0.25) is 0 Å². The van der Waals surface area contributed by atoms with E-state index in [1.807, 2.05) is 0 Å². The Balaban J connectivity index is 1.60. The second-order valence-electron chi connectivity index (χ2n) is 6.79. The third kappa shape index (κ3) is 2.60. The molecule has 104 valence electrons. The molecular formula is C16H30N2. The van der Waals surface area contributed by atoms with E-state index in [1.54, 1.807) is 0 Å². The van der Waals surface area contributed by atoms with E-state index in [4.69, 9.17) is 0 Å². The zero-order valence-corrected chi connectivity index (χ0v) is 12.0. The van der Waals surface area contributed by atoms with Crippen molar-refractivity contribution < 1.29 is 0 Å². The Labute approximate surface area is 113 Å². The topological polar surface area (TPSA) is 15.3 Å². The molecule has 2 saturated carbocycles. The lowest BCUT2D eigenvalue weighted by atomic mass is 9.76. The Hall–Kier alpha value is -0.0800. The average molecular weight is 250 g/mol. The highest BCUT2D eigenvalue weighted by Gasteiger charge is 2.37. The maximum absolute atomic E-state index is 3.47. The average Bonchev–Trinajstić information content (AvgIpc) is 2.47. The first-order valence-corrected chi connectivity index (χ1v) is 8.31. The first-order chi connectivity index (χ1) is 8.88. The Morgan fingerprint density at radius 2 is 1.56 bits per heavy atom. The number of rotatable bonds is 2. The van der Waals surface area contributed by atoms with Gasteiger partial charge < -0.3 is 5.32 Å². The van der Waals surface area contributed by atoms with Crippen molar-refractivity contribution in [2.24, 2.45) is 5.92 Å². The standard InChI is InChI=1S/C16H30N2/c1-17-14-8-10-15(11-9-14)18-12-4-6-13-5-2-3-7-16(13)18/h13-17H,2-12H2,1H3/t13-,14?,15?,16-/m1/s1. The minimum absolute atomic E-state index is 0.799. The van der Waals surface area contributed by atoms with Gasteiger partial charge in [0.1, 0.15) is 0 Å². The lowest BCUT2D eigenvalue weighted by Gasteiger charge is -2.49. The predicted octanol–water partition coefficient (Wildman–Crippen LogP) is 3.17. The molecule has 1 heterocycles. The summed E-state index contributed by atoms with van der Waals surface area (Å²) in [7, 11) is 2.13. The normalized spacial score (nSPS) is 42.5. The van der Waals surface area contributed by atoms with Crippen LogP contribution in [0.1, 0.15) is 64.2 Å². The SMILES string of the molecule is CNC1CCC(N2CCC[C@H]3CCCC[C@H]32)CC1. The fraction of sp³-hybridized carbons (Fsp3) is 1.00. The second-order valence-corrected chi connectivity index (χ2v) is 6.79. The van der Waals surface area contributed by atoms with Gasteiger partial charge in [-0.05, 0) is 70.9 Å². The highest BCUT2D eigenvalue weighted by molar-refractivity contribution is 4.92. The van der Waals surface area contributed by atoms with Gasteiger partial charge in [0, 0.05) is 18.1 Å². The number of hydrogen-bond acceptors (Lipinski definition) is 2. The molecule has 0 unspecified atom stereocenters. The molecule has 0 bridgehead atoms. The van der Waals surface area contributed by atoms with Crippen molar-refractivity contribution in [3.63, 3.8) is 0 Å². The molecule has 3 fully saturated rings. The van der Waals surface area contributed by atoms with Crippen LogP contribution in [0.25, 0.3) is 0 Å². The Bertz CT molecular complexity index is 256. The molecule has 1 N–H and O–H groups in total. The van der Waals surface area contributed by atoms with Gasteiger partial charge in [0.2, 0.25) is 0 Å². The van der Waals surface area contributed by atoms with E-state index < -0.39 is 0 Å². The zero-order chi connectivity index (χ0) is 12.4. The van der Waals surface area contributed by atoms with Crippen LogP contribution in [0.3, 0.4) is 0 Å². The zero-order valence-electron chi connectivity index (χ0n) is 12.0. The third-order valence-electron chi connectivity index (χ3n) is 5.86. The summed E-state index contributed by atoms with van der Waals surface area (Å²) in [5.74, 6) is 1.05. The molecule has 0 aromatic rings. The number of fused-ring (bicyclic) bond motifs is 1. The lowest BCUT2D eigenvalue weighted by Crippen LogP contribution is -2.53. The van der Waals surface area contributed by atoms with Crippen molar-refractivity contribution in [3.05, 3.63) is 0 Å². The number of likely N-dealkylation sites (tertiary alicyclic amines) is 1. The molecule has 0 spiro atoms. The molecule has 18 heavy (non-hydrogen) atoms. The highest BCUT2D eigenvalue weighted by Crippen LogP contribution is 2.38. The second kappa shape index (κ2) is 5.92. The molecule has 0 aromatic heterocycles. The van der Waals surface area contributed by atoms with E-state index in [0.29, 0.717) is 0 Å². The van der Waals surface area contributed by atoms with E-state index in [2.05, 4.69) is 17.3 Å². The smallest absolute Gasteiger partial charge is 0.0126 e. The van der Waals surface area contributed by atoms with Crippen molar-refractivity contribution in [1.82, 2.24) is 10.2 Å². The summed E-state index contributed by atoms with van der Waals surface area (Å²) in [6.45, 7) is 1.40. The molecule has 0 radical (unpaired) electrons. The van der Waals surface area contributed by atoms with Gasteiger partial charge in [0.15, 0.2) is 0 Å². The van der Waals surface area contributed by atoms with Crippen LogP contribution in [0, 0.1) is 5.92 Å². The van der Waals surface area contributed by atoms with Gasteiger partial charge in [-0.15, -0.1) is 0 Å². The predicted molar refractivity (Wildman–Crippen MR) is 76.8 cm³/mol. The van der Waals surface area contributed by atoms with Gasteiger partial charge in [-0.1, -0.05) is 12.8 Å². The van der Waals surface area contributed by atoms with Crippen LogP contribution in [0.5, 0.6) is 0 Å². The molecule has 1 saturated heterocycles. The number of hydrogen-bond donors (Lipinski definition) is 1. The molecule has 0 aromatic carbocycles. The highest BCUT2D eigenvalue weighted by atomic mass is 15.2. The van der Waals surface area contributed by atoms with Crippen molar-refractivity contribution in [3.8, 4) is 0 Å². The third-order valence-corrected chi connectivity index (χ3v) is 5.86. The van der Waals surface area contributed by atoms with E-state index >= 15 is 0 Å². The van der Waals surface area contributed by atoms with Gasteiger partial charge >= 0.3 is 0 Å². The lowest BCUT2D eigenvalue weighted by molar-refractivity contribution is 0.0104. The first kappa shape index (κ1) is 12.9. The van der Waals surface area contributed by atoms with Crippen LogP contribution in [-0.2, 0) is 0 Å². The van der Waals surface area contributed by atoms with Crippen LogP contribution in [0.4, 0.5) is 0 Å². The number of nitrogens with one attached hydrogen (secondary N) is 1. The molecule has 2 heteroatoms. The summed E-state index contributed by atoms with van der Waals surface area (Å²) >= 11 is 0. The van der Waals surface area contributed by atoms with Crippen LogP contribution in [-0.4, -0.2) is 36.6 Å². The van der Waals surface area contributed by atoms with Crippen molar-refractivity contribution in [2.75, 3.05) is 13.6 Å². The molecule has 0 amide bonds. The van der Waals surface area contributed by atoms with Crippen molar-refractivity contribution >= 4 is 0 Å². The summed E-state index contributed by atoms with van der Waals surface area (Å²) in [5.41, 5.74) is 0. The Kier molecular flexibility index (Phi) is 4.25. The van der Waals surface area contributed by atoms with Crippen LogP contribution in [0.15, 0.2) is 0 Å². The molecular weight excluding hydrogens is 220 g/mol. The van der Waals surface area contributed by atoms with Gasteiger partial charge in [0.05, 0.1) is 0 Å². The van der Waals surface area contributed by atoms with Gasteiger partial charge in [-0.2, -0.15) is 0 Å². The molecule has 2 atom stereocenters. The molecule has 1 aliphatic heterocycles. The minimum atomic E-state index is 0.799. The van der Waals surface area contributed by atoms with Crippen molar-refractivity contribution in [2.45, 2.75) is 82.3 Å². The quantitative estimate of drug-likeness (QED) is 0.810. The summed E-state index contributed by atoms with van der Waals surface area (Å²) < 4.78 is 0. The summed E-state index contributed by atoms with van der Waals surface area (Å²) in [4.78, 5) is 2.94. The van der Waals surface area contributed by atoms with Crippen molar-refractivity contribution in [1.29, 1.82) is 0 Å². The number of nitrogens with zero attached hydrogens (tertiary/aromatic N) is 1. The molecule has 2 nitrogen and oxygen atoms in total. The van der Waals surface area contributed by atoms with E-state index in [0.717, 1.165) is 24.0 Å². The van der Waals surface area contributed by atoms with Gasteiger partial charge in [-0.3, -0.25) is 4.90 Å². The fourth-order valence-electron chi connectivity index (χ4n) is 4.81. The van der Waals surface area contributed by atoms with E-state index in [9.17, 15) is 0 Å². The van der Waals surface area contributed by atoms with E-state index in [1.165, 1.54) is 70.8 Å².